The van der Waals surface area contributed by atoms with Gasteiger partial charge >= 0.3 is 11.9 Å². The summed E-state index contributed by atoms with van der Waals surface area (Å²) in [6, 6.07) is 26.7. The maximum atomic E-state index is 12.2. The van der Waals surface area contributed by atoms with Gasteiger partial charge in [-0.15, -0.1) is 0 Å². The molecule has 0 atom stereocenters. The minimum absolute atomic E-state index is 0.179. The van der Waals surface area contributed by atoms with Gasteiger partial charge in [0.25, 0.3) is 0 Å². The van der Waals surface area contributed by atoms with E-state index in [-0.39, 0.29) is 25.2 Å². The van der Waals surface area contributed by atoms with Crippen molar-refractivity contribution in [2.75, 3.05) is 159 Å². The van der Waals surface area contributed by atoms with E-state index in [9.17, 15) is 9.59 Å². The first-order valence-electron chi connectivity index (χ1n) is 20.9. The largest absolute Gasteiger partial charge is 0.460 e. The molecule has 0 amide bonds. The van der Waals surface area contributed by atoms with E-state index in [0.29, 0.717) is 156 Å². The lowest BCUT2D eigenvalue weighted by atomic mass is 10.1. The molecule has 4 rings (SSSR count). The third-order valence-electron chi connectivity index (χ3n) is 8.61. The zero-order valence-electron chi connectivity index (χ0n) is 35.2. The van der Waals surface area contributed by atoms with Crippen LogP contribution >= 0.6 is 0 Å². The molecule has 0 aromatic heterocycles. The van der Waals surface area contributed by atoms with Crippen LogP contribution in [0.2, 0.25) is 0 Å². The topological polar surface area (TPSA) is 154 Å². The number of ether oxygens (including phenoxy) is 13. The number of esters is 2. The molecule has 0 aliphatic rings. The fourth-order valence-electron chi connectivity index (χ4n) is 5.49. The van der Waals surface area contributed by atoms with Crippen molar-refractivity contribution in [2.24, 2.45) is 0 Å². The summed E-state index contributed by atoms with van der Waals surface area (Å²) in [6.45, 7) is 10.1. The molecule has 0 unspecified atom stereocenters. The second-order valence-electron chi connectivity index (χ2n) is 13.1. The van der Waals surface area contributed by atoms with Crippen LogP contribution in [0.4, 0.5) is 0 Å². The summed E-state index contributed by atoms with van der Waals surface area (Å²) in [5.74, 6) is -0.731. The van der Waals surface area contributed by atoms with Gasteiger partial charge in [-0.05, 0) is 45.8 Å². The van der Waals surface area contributed by atoms with E-state index >= 15 is 0 Å². The second kappa shape index (κ2) is 33.5. The number of fused-ring (bicyclic) bond motifs is 2. The van der Waals surface area contributed by atoms with E-state index in [0.717, 1.165) is 21.5 Å². The number of hydrogen-bond donors (Lipinski definition) is 0. The van der Waals surface area contributed by atoms with Crippen LogP contribution in [0.3, 0.4) is 0 Å². The van der Waals surface area contributed by atoms with Gasteiger partial charge in [-0.25, -0.2) is 9.59 Å². The summed E-state index contributed by atoms with van der Waals surface area (Å²) in [6.07, 6.45) is 0. The highest BCUT2D eigenvalue weighted by Gasteiger charge is 2.09. The van der Waals surface area contributed by atoms with E-state index in [4.69, 9.17) is 61.6 Å². The Bertz CT molecular complexity index is 1610. The fraction of sp³-hybridized carbons (Fsp3) is 0.522. The monoisotopic (exact) mass is 854 g/mol. The van der Waals surface area contributed by atoms with Crippen LogP contribution in [0, 0.1) is 0 Å². The predicted octanol–water partition coefficient (Wildman–Crippen LogP) is 5.19. The number of carbonyl (C=O) groups is 2. The summed E-state index contributed by atoms with van der Waals surface area (Å²) in [5.41, 5.74) is 1.04. The van der Waals surface area contributed by atoms with Crippen LogP contribution in [0.1, 0.15) is 20.7 Å². The molecule has 0 saturated carbocycles. The number of benzene rings is 4. The molecule has 0 heterocycles. The predicted molar refractivity (Wildman–Crippen MR) is 227 cm³/mol. The molecule has 0 aliphatic heterocycles. The maximum absolute atomic E-state index is 12.2. The average molecular weight is 855 g/mol. The molecule has 336 valence electrons. The van der Waals surface area contributed by atoms with E-state index in [2.05, 4.69) is 0 Å². The van der Waals surface area contributed by atoms with Gasteiger partial charge in [0.2, 0.25) is 0 Å². The van der Waals surface area contributed by atoms with Crippen LogP contribution in [-0.4, -0.2) is 171 Å². The Kier molecular flexibility index (Phi) is 27.2. The molecule has 4 aromatic carbocycles. The first-order valence-corrected chi connectivity index (χ1v) is 20.9. The van der Waals surface area contributed by atoms with Crippen molar-refractivity contribution in [1.82, 2.24) is 0 Å². The van der Waals surface area contributed by atoms with Crippen LogP contribution in [-0.2, 0) is 61.6 Å². The molecule has 0 aliphatic carbocycles. The summed E-state index contributed by atoms with van der Waals surface area (Å²) < 4.78 is 71.0. The standard InChI is InChI=1S/C46H62O15/c47-45(43-11-9-39-5-1-3-7-41(39)37-43)60-35-33-58-31-29-56-27-25-54-23-21-52-19-17-50-15-13-49-14-16-51-18-20-53-22-24-55-26-28-57-30-32-59-34-36-61-46(48)44-12-10-40-6-2-4-8-42(40)38-44/h1-12,37-38H,13-36H2. The molecular weight excluding hydrogens is 792 g/mol. The lowest BCUT2D eigenvalue weighted by Crippen LogP contribution is -2.16. The van der Waals surface area contributed by atoms with Gasteiger partial charge in [-0.2, -0.15) is 0 Å². The lowest BCUT2D eigenvalue weighted by Gasteiger charge is -2.09. The van der Waals surface area contributed by atoms with Crippen molar-refractivity contribution >= 4 is 33.5 Å². The summed E-state index contributed by atoms with van der Waals surface area (Å²) in [5, 5.41) is 4.15. The van der Waals surface area contributed by atoms with Gasteiger partial charge in [0.1, 0.15) is 13.2 Å². The van der Waals surface area contributed by atoms with Crippen molar-refractivity contribution < 1.29 is 71.2 Å². The molecule has 15 nitrogen and oxygen atoms in total. The number of hydrogen-bond acceptors (Lipinski definition) is 15. The third-order valence-corrected chi connectivity index (χ3v) is 8.61. The van der Waals surface area contributed by atoms with E-state index in [1.165, 1.54) is 0 Å². The molecule has 0 spiro atoms. The Labute approximate surface area is 358 Å². The highest BCUT2D eigenvalue weighted by Crippen LogP contribution is 2.17. The molecular formula is C46H62O15. The Morgan fingerprint density at radius 3 is 0.721 bits per heavy atom. The average Bonchev–Trinajstić information content (AvgIpc) is 3.29. The minimum Gasteiger partial charge on any atom is -0.460 e. The maximum Gasteiger partial charge on any atom is 0.338 e. The lowest BCUT2D eigenvalue weighted by molar-refractivity contribution is -0.0285. The van der Waals surface area contributed by atoms with Crippen molar-refractivity contribution in [2.45, 2.75) is 0 Å². The van der Waals surface area contributed by atoms with Crippen LogP contribution in [0.5, 0.6) is 0 Å². The number of carbonyl (C=O) groups excluding carboxylic acids is 2. The van der Waals surface area contributed by atoms with Crippen LogP contribution < -0.4 is 0 Å². The van der Waals surface area contributed by atoms with Gasteiger partial charge in [0.05, 0.1) is 156 Å². The smallest absolute Gasteiger partial charge is 0.338 e. The Morgan fingerprint density at radius 1 is 0.262 bits per heavy atom. The fourth-order valence-corrected chi connectivity index (χ4v) is 5.49. The molecule has 0 N–H and O–H groups in total. The van der Waals surface area contributed by atoms with Crippen molar-refractivity contribution in [3.63, 3.8) is 0 Å². The van der Waals surface area contributed by atoms with Crippen molar-refractivity contribution in [3.8, 4) is 0 Å². The number of rotatable bonds is 38. The first kappa shape index (κ1) is 49.6. The van der Waals surface area contributed by atoms with Gasteiger partial charge < -0.3 is 61.6 Å². The van der Waals surface area contributed by atoms with Gasteiger partial charge in [-0.3, -0.25) is 0 Å². The van der Waals surface area contributed by atoms with E-state index < -0.39 is 0 Å². The summed E-state index contributed by atoms with van der Waals surface area (Å²) in [4.78, 5) is 24.5. The highest BCUT2D eigenvalue weighted by molar-refractivity contribution is 5.96. The molecule has 0 saturated heterocycles. The molecule has 0 bridgehead atoms. The summed E-state index contributed by atoms with van der Waals surface area (Å²) >= 11 is 0. The van der Waals surface area contributed by atoms with Crippen molar-refractivity contribution in [1.29, 1.82) is 0 Å². The highest BCUT2D eigenvalue weighted by atomic mass is 16.6. The molecule has 0 fully saturated rings. The first-order chi connectivity index (χ1) is 30.2. The van der Waals surface area contributed by atoms with Gasteiger partial charge in [-0.1, -0.05) is 60.7 Å². The van der Waals surface area contributed by atoms with Gasteiger partial charge in [0, 0.05) is 0 Å². The normalized spacial score (nSPS) is 11.4. The SMILES string of the molecule is O=C(OCCOCCOCCOCCOCCOCCOCCOCCOCCOCCOCCOCCOC(=O)c1ccc2ccccc2c1)c1ccc2ccccc2c1. The molecule has 61 heavy (non-hydrogen) atoms. The van der Waals surface area contributed by atoms with Gasteiger partial charge in [0.15, 0.2) is 0 Å². The Balaban J connectivity index is 0.758. The molecule has 4 aromatic rings. The van der Waals surface area contributed by atoms with Crippen LogP contribution in [0.15, 0.2) is 84.9 Å². The quantitative estimate of drug-likeness (QED) is 0.0429. The van der Waals surface area contributed by atoms with Crippen molar-refractivity contribution in [3.05, 3.63) is 96.1 Å². The van der Waals surface area contributed by atoms with E-state index in [1.54, 1.807) is 12.1 Å². The zero-order chi connectivity index (χ0) is 42.7. The zero-order valence-corrected chi connectivity index (χ0v) is 35.2. The summed E-state index contributed by atoms with van der Waals surface area (Å²) in [7, 11) is 0. The second-order valence-corrected chi connectivity index (χ2v) is 13.1. The minimum atomic E-state index is -0.366. The van der Waals surface area contributed by atoms with Crippen LogP contribution in [0.25, 0.3) is 21.5 Å². The third kappa shape index (κ3) is 23.1. The Morgan fingerprint density at radius 2 is 0.475 bits per heavy atom. The molecule has 15 heteroatoms. The molecule has 0 radical (unpaired) electrons. The Hall–Kier alpha value is -4.10. The van der Waals surface area contributed by atoms with E-state index in [1.807, 2.05) is 72.8 Å².